The van der Waals surface area contributed by atoms with Gasteiger partial charge in [-0.2, -0.15) is 0 Å². The molecule has 2 aromatic heterocycles. The van der Waals surface area contributed by atoms with Crippen LogP contribution in [0.2, 0.25) is 0 Å². The first-order valence-electron chi connectivity index (χ1n) is 8.22. The summed E-state index contributed by atoms with van der Waals surface area (Å²) in [6.07, 6.45) is 3.72. The maximum atomic E-state index is 12.4. The molecule has 0 bridgehead atoms. The van der Waals surface area contributed by atoms with Crippen molar-refractivity contribution in [3.63, 3.8) is 0 Å². The number of rotatable bonds is 5. The summed E-state index contributed by atoms with van der Waals surface area (Å²) in [6.45, 7) is 0.744. The first-order valence-corrected chi connectivity index (χ1v) is 10.3. The van der Waals surface area contributed by atoms with Gasteiger partial charge in [-0.3, -0.25) is 9.59 Å². The van der Waals surface area contributed by atoms with Crippen molar-refractivity contribution in [1.29, 1.82) is 0 Å². The molecule has 2 N–H and O–H groups in total. The predicted molar refractivity (Wildman–Crippen MR) is 114 cm³/mol. The maximum absolute atomic E-state index is 12.4. The minimum absolute atomic E-state index is 0.0579. The SMILES string of the molecule is O=C(Cn1cc(/C=C2/SC(=S)NC2=O)c2ccccc21)NCc1cccs1. The molecule has 1 aliphatic heterocycles. The van der Waals surface area contributed by atoms with Crippen LogP contribution in [0.15, 0.2) is 52.9 Å². The third-order valence-corrected chi connectivity index (χ3v) is 6.14. The van der Waals surface area contributed by atoms with E-state index in [1.165, 1.54) is 11.8 Å². The zero-order chi connectivity index (χ0) is 18.8. The molecule has 1 saturated heterocycles. The number of fused-ring (bicyclic) bond motifs is 1. The molecule has 0 atom stereocenters. The lowest BCUT2D eigenvalue weighted by molar-refractivity contribution is -0.121. The first kappa shape index (κ1) is 18.0. The van der Waals surface area contributed by atoms with Gasteiger partial charge in [-0.15, -0.1) is 11.3 Å². The first-order chi connectivity index (χ1) is 13.1. The van der Waals surface area contributed by atoms with Crippen molar-refractivity contribution >= 4 is 68.4 Å². The molecule has 2 amide bonds. The van der Waals surface area contributed by atoms with Crippen LogP contribution in [0.25, 0.3) is 17.0 Å². The van der Waals surface area contributed by atoms with Gasteiger partial charge in [-0.25, -0.2) is 0 Å². The van der Waals surface area contributed by atoms with Crippen molar-refractivity contribution in [3.8, 4) is 0 Å². The number of nitrogens with zero attached hydrogens (tertiary/aromatic N) is 1. The number of thiophene rings is 1. The lowest BCUT2D eigenvalue weighted by atomic mass is 10.1. The molecule has 3 aromatic rings. The number of thioether (sulfide) groups is 1. The minimum Gasteiger partial charge on any atom is -0.350 e. The Kier molecular flexibility index (Phi) is 5.11. The molecule has 0 unspecified atom stereocenters. The van der Waals surface area contributed by atoms with E-state index in [0.717, 1.165) is 21.3 Å². The van der Waals surface area contributed by atoms with Gasteiger partial charge in [0.15, 0.2) is 0 Å². The predicted octanol–water partition coefficient (Wildman–Crippen LogP) is 3.51. The summed E-state index contributed by atoms with van der Waals surface area (Å²) in [5.74, 6) is -0.243. The van der Waals surface area contributed by atoms with Crippen LogP contribution in [-0.2, 0) is 22.7 Å². The molecule has 1 fully saturated rings. The molecule has 1 aromatic carbocycles. The van der Waals surface area contributed by atoms with Crippen molar-refractivity contribution in [2.24, 2.45) is 0 Å². The second-order valence-corrected chi connectivity index (χ2v) is 8.69. The monoisotopic (exact) mass is 413 g/mol. The fourth-order valence-corrected chi connectivity index (χ4v) is 4.57. The van der Waals surface area contributed by atoms with Gasteiger partial charge in [0.1, 0.15) is 10.9 Å². The molecule has 3 heterocycles. The van der Waals surface area contributed by atoms with Crippen molar-refractivity contribution in [3.05, 3.63) is 63.3 Å². The van der Waals surface area contributed by atoms with Crippen LogP contribution in [0.5, 0.6) is 0 Å². The van der Waals surface area contributed by atoms with E-state index in [9.17, 15) is 9.59 Å². The summed E-state index contributed by atoms with van der Waals surface area (Å²) in [7, 11) is 0. The van der Waals surface area contributed by atoms with Crippen LogP contribution in [-0.4, -0.2) is 20.7 Å². The number of aromatic nitrogens is 1. The van der Waals surface area contributed by atoms with Crippen LogP contribution in [0, 0.1) is 0 Å². The van der Waals surface area contributed by atoms with Crippen molar-refractivity contribution < 1.29 is 9.59 Å². The van der Waals surface area contributed by atoms with E-state index in [2.05, 4.69) is 10.6 Å². The Morgan fingerprint density at radius 1 is 1.26 bits per heavy atom. The number of hydrogen-bond donors (Lipinski definition) is 2. The van der Waals surface area contributed by atoms with E-state index in [4.69, 9.17) is 12.2 Å². The fourth-order valence-electron chi connectivity index (χ4n) is 2.89. The van der Waals surface area contributed by atoms with Gasteiger partial charge in [0.2, 0.25) is 5.91 Å². The summed E-state index contributed by atoms with van der Waals surface area (Å²) < 4.78 is 2.37. The Labute approximate surface area is 169 Å². The highest BCUT2D eigenvalue weighted by Crippen LogP contribution is 2.29. The molecule has 0 aliphatic carbocycles. The number of carbonyl (C=O) groups is 2. The number of thiocarbonyl (C=S) groups is 1. The van der Waals surface area contributed by atoms with Crippen LogP contribution in [0.4, 0.5) is 0 Å². The van der Waals surface area contributed by atoms with E-state index < -0.39 is 0 Å². The van der Waals surface area contributed by atoms with E-state index >= 15 is 0 Å². The van der Waals surface area contributed by atoms with Gasteiger partial charge in [0, 0.05) is 27.5 Å². The van der Waals surface area contributed by atoms with E-state index in [1.807, 2.05) is 58.6 Å². The minimum atomic E-state index is -0.185. The second kappa shape index (κ2) is 7.67. The molecular formula is C19H15N3O2S3. The molecule has 1 aliphatic rings. The number of carbonyl (C=O) groups excluding carboxylic acids is 2. The highest BCUT2D eigenvalue weighted by Gasteiger charge is 2.22. The second-order valence-electron chi connectivity index (χ2n) is 5.94. The summed E-state index contributed by atoms with van der Waals surface area (Å²) in [5, 5.41) is 8.54. The summed E-state index contributed by atoms with van der Waals surface area (Å²) in [6, 6.07) is 11.8. The molecule has 4 rings (SSSR count). The van der Waals surface area contributed by atoms with Crippen LogP contribution in [0.1, 0.15) is 10.4 Å². The highest BCUT2D eigenvalue weighted by atomic mass is 32.2. The maximum Gasteiger partial charge on any atom is 0.263 e. The fraction of sp³-hybridized carbons (Fsp3) is 0.105. The van der Waals surface area contributed by atoms with E-state index in [1.54, 1.807) is 11.3 Å². The Morgan fingerprint density at radius 3 is 2.85 bits per heavy atom. The quantitative estimate of drug-likeness (QED) is 0.496. The number of nitrogens with one attached hydrogen (secondary N) is 2. The molecule has 8 heteroatoms. The van der Waals surface area contributed by atoms with Crippen molar-refractivity contribution in [2.75, 3.05) is 0 Å². The Balaban J connectivity index is 1.58. The summed E-state index contributed by atoms with van der Waals surface area (Å²) in [4.78, 5) is 26.0. The average Bonchev–Trinajstić information content (AvgIpc) is 3.35. The molecule has 5 nitrogen and oxygen atoms in total. The van der Waals surface area contributed by atoms with Crippen LogP contribution in [0.3, 0.4) is 0 Å². The number of benzene rings is 1. The van der Waals surface area contributed by atoms with Gasteiger partial charge in [0.05, 0.1) is 11.4 Å². The topological polar surface area (TPSA) is 63.1 Å². The Morgan fingerprint density at radius 2 is 2.11 bits per heavy atom. The Bertz CT molecular complexity index is 1070. The molecule has 27 heavy (non-hydrogen) atoms. The van der Waals surface area contributed by atoms with E-state index in [0.29, 0.717) is 15.8 Å². The van der Waals surface area contributed by atoms with E-state index in [-0.39, 0.29) is 18.4 Å². The summed E-state index contributed by atoms with van der Waals surface area (Å²) >= 11 is 7.91. The zero-order valence-corrected chi connectivity index (χ0v) is 16.5. The van der Waals surface area contributed by atoms with Gasteiger partial charge in [0.25, 0.3) is 5.91 Å². The molecular weight excluding hydrogens is 398 g/mol. The largest absolute Gasteiger partial charge is 0.350 e. The van der Waals surface area contributed by atoms with Gasteiger partial charge < -0.3 is 15.2 Å². The third kappa shape index (κ3) is 3.97. The Hall–Kier alpha value is -2.42. The lowest BCUT2D eigenvalue weighted by Gasteiger charge is -2.06. The standard InChI is InChI=1S/C19H15N3O2S3/c23-17(20-9-13-4-3-7-26-13)11-22-10-12(14-5-1-2-6-15(14)22)8-16-18(24)21-19(25)27-16/h1-8,10H,9,11H2,(H,20,23)(H,21,24,25)/b16-8+. The van der Waals surface area contributed by atoms with Crippen LogP contribution < -0.4 is 10.6 Å². The van der Waals surface area contributed by atoms with Gasteiger partial charge >= 0.3 is 0 Å². The van der Waals surface area contributed by atoms with Crippen molar-refractivity contribution in [1.82, 2.24) is 15.2 Å². The van der Waals surface area contributed by atoms with Crippen LogP contribution >= 0.6 is 35.3 Å². The zero-order valence-electron chi connectivity index (χ0n) is 14.1. The van der Waals surface area contributed by atoms with Gasteiger partial charge in [-0.1, -0.05) is 48.2 Å². The average molecular weight is 414 g/mol. The molecule has 0 radical (unpaired) electrons. The molecule has 136 valence electrons. The lowest BCUT2D eigenvalue weighted by Crippen LogP contribution is -2.26. The summed E-state index contributed by atoms with van der Waals surface area (Å²) in [5.41, 5.74) is 1.83. The molecule has 0 saturated carbocycles. The smallest absolute Gasteiger partial charge is 0.263 e. The normalized spacial score (nSPS) is 15.5. The molecule has 0 spiro atoms. The number of para-hydroxylation sites is 1. The third-order valence-electron chi connectivity index (χ3n) is 4.10. The number of amides is 2. The number of hydrogen-bond acceptors (Lipinski definition) is 5. The van der Waals surface area contributed by atoms with Gasteiger partial charge in [-0.05, 0) is 23.6 Å². The highest BCUT2D eigenvalue weighted by molar-refractivity contribution is 8.26. The van der Waals surface area contributed by atoms with Crippen molar-refractivity contribution in [2.45, 2.75) is 13.1 Å².